The Morgan fingerprint density at radius 3 is 2.36 bits per heavy atom. The Balaban J connectivity index is 2.95. The van der Waals surface area contributed by atoms with E-state index in [1.54, 1.807) is 10.9 Å². The van der Waals surface area contributed by atoms with E-state index in [2.05, 4.69) is 10.3 Å². The first-order chi connectivity index (χ1) is 6.32. The van der Waals surface area contributed by atoms with Crippen molar-refractivity contribution in [1.82, 2.24) is 15.0 Å². The third kappa shape index (κ3) is 2.19. The van der Waals surface area contributed by atoms with Crippen LogP contribution in [0.25, 0.3) is 0 Å². The predicted molar refractivity (Wildman–Crippen MR) is 54.2 cm³/mol. The summed E-state index contributed by atoms with van der Waals surface area (Å²) in [6.45, 7) is 9.78. The van der Waals surface area contributed by atoms with E-state index < -0.39 is 0 Å². The first-order valence-corrected chi connectivity index (χ1v) is 4.79. The van der Waals surface area contributed by atoms with E-state index in [1.807, 2.05) is 34.6 Å². The van der Waals surface area contributed by atoms with E-state index in [4.69, 9.17) is 0 Å². The van der Waals surface area contributed by atoms with Crippen molar-refractivity contribution in [3.8, 4) is 0 Å². The van der Waals surface area contributed by atoms with Crippen molar-refractivity contribution >= 4 is 5.78 Å². The summed E-state index contributed by atoms with van der Waals surface area (Å²) in [6.07, 6.45) is 1.71. The molecule has 0 saturated heterocycles. The fourth-order valence-corrected chi connectivity index (χ4v) is 1.00. The molecule has 0 spiro atoms. The van der Waals surface area contributed by atoms with Gasteiger partial charge >= 0.3 is 0 Å². The van der Waals surface area contributed by atoms with Crippen LogP contribution in [-0.2, 0) is 5.54 Å². The summed E-state index contributed by atoms with van der Waals surface area (Å²) >= 11 is 0. The van der Waals surface area contributed by atoms with Crippen LogP contribution in [0.5, 0.6) is 0 Å². The lowest BCUT2D eigenvalue weighted by Gasteiger charge is -2.17. The molecule has 4 nitrogen and oxygen atoms in total. The summed E-state index contributed by atoms with van der Waals surface area (Å²) in [5, 5.41) is 7.80. The van der Waals surface area contributed by atoms with Crippen LogP contribution >= 0.6 is 0 Å². The molecule has 0 atom stereocenters. The maximum absolute atomic E-state index is 11.6. The topological polar surface area (TPSA) is 47.8 Å². The quantitative estimate of drug-likeness (QED) is 0.677. The summed E-state index contributed by atoms with van der Waals surface area (Å²) in [5.41, 5.74) is 0.331. The first kappa shape index (κ1) is 10.9. The van der Waals surface area contributed by atoms with Gasteiger partial charge in [-0.3, -0.25) is 4.79 Å². The van der Waals surface area contributed by atoms with Crippen molar-refractivity contribution in [2.45, 2.75) is 40.2 Å². The smallest absolute Gasteiger partial charge is 0.187 e. The zero-order chi connectivity index (χ0) is 10.9. The van der Waals surface area contributed by atoms with Crippen LogP contribution in [0.2, 0.25) is 0 Å². The molecule has 0 N–H and O–H groups in total. The fourth-order valence-electron chi connectivity index (χ4n) is 1.00. The van der Waals surface area contributed by atoms with Gasteiger partial charge in [0.2, 0.25) is 0 Å². The van der Waals surface area contributed by atoms with Gasteiger partial charge in [0.05, 0.1) is 11.7 Å². The van der Waals surface area contributed by atoms with Crippen molar-refractivity contribution in [3.05, 3.63) is 11.9 Å². The molecule has 0 fully saturated rings. The second-order valence-corrected chi connectivity index (χ2v) is 4.74. The van der Waals surface area contributed by atoms with Crippen molar-refractivity contribution in [3.63, 3.8) is 0 Å². The molecule has 0 radical (unpaired) electrons. The van der Waals surface area contributed by atoms with Gasteiger partial charge in [-0.05, 0) is 20.8 Å². The van der Waals surface area contributed by atoms with E-state index in [0.29, 0.717) is 5.69 Å². The van der Waals surface area contributed by atoms with Gasteiger partial charge in [-0.2, -0.15) is 0 Å². The Labute approximate surface area is 84.3 Å². The summed E-state index contributed by atoms with van der Waals surface area (Å²) in [4.78, 5) is 11.6. The number of rotatable bonds is 2. The van der Waals surface area contributed by atoms with E-state index in [9.17, 15) is 4.79 Å². The minimum atomic E-state index is -0.123. The number of aromatic nitrogens is 3. The lowest BCUT2D eigenvalue weighted by Crippen LogP contribution is -2.22. The molecule has 0 aliphatic carbocycles. The van der Waals surface area contributed by atoms with Crippen LogP contribution in [0.4, 0.5) is 0 Å². The summed E-state index contributed by atoms with van der Waals surface area (Å²) in [6, 6.07) is 0. The van der Waals surface area contributed by atoms with Crippen LogP contribution in [0.1, 0.15) is 45.1 Å². The Kier molecular flexibility index (Phi) is 2.73. The van der Waals surface area contributed by atoms with Crippen LogP contribution in [0, 0.1) is 5.92 Å². The Hall–Kier alpha value is -1.19. The molecule has 0 amide bonds. The molecule has 14 heavy (non-hydrogen) atoms. The fraction of sp³-hybridized carbons (Fsp3) is 0.700. The second-order valence-electron chi connectivity index (χ2n) is 4.74. The lowest BCUT2D eigenvalue weighted by molar-refractivity contribution is 0.0934. The molecule has 0 aromatic carbocycles. The molecule has 1 aromatic rings. The summed E-state index contributed by atoms with van der Waals surface area (Å²) in [5.74, 6) is 0.0145. The van der Waals surface area contributed by atoms with Gasteiger partial charge in [-0.25, -0.2) is 4.68 Å². The van der Waals surface area contributed by atoms with Gasteiger partial charge in [0.15, 0.2) is 5.78 Å². The first-order valence-electron chi connectivity index (χ1n) is 4.79. The molecule has 0 aliphatic rings. The molecular weight excluding hydrogens is 178 g/mol. The van der Waals surface area contributed by atoms with Crippen molar-refractivity contribution in [1.29, 1.82) is 0 Å². The SMILES string of the molecule is CC(C)C(=O)c1cn(C(C)(C)C)nn1. The van der Waals surface area contributed by atoms with E-state index >= 15 is 0 Å². The van der Waals surface area contributed by atoms with Crippen molar-refractivity contribution < 1.29 is 4.79 Å². The zero-order valence-electron chi connectivity index (χ0n) is 9.40. The van der Waals surface area contributed by atoms with E-state index in [-0.39, 0.29) is 17.2 Å². The summed E-state index contributed by atoms with van der Waals surface area (Å²) in [7, 11) is 0. The van der Waals surface area contributed by atoms with Gasteiger partial charge < -0.3 is 0 Å². The number of hydrogen-bond donors (Lipinski definition) is 0. The number of Topliss-reactive ketones (excluding diaryl/α,β-unsaturated/α-hetero) is 1. The van der Waals surface area contributed by atoms with Crippen LogP contribution < -0.4 is 0 Å². The minimum Gasteiger partial charge on any atom is -0.292 e. The average Bonchev–Trinajstić information content (AvgIpc) is 2.49. The maximum Gasteiger partial charge on any atom is 0.187 e. The number of carbonyl (C=O) groups is 1. The normalized spacial score (nSPS) is 12.1. The highest BCUT2D eigenvalue weighted by molar-refractivity contribution is 5.95. The lowest BCUT2D eigenvalue weighted by atomic mass is 10.1. The van der Waals surface area contributed by atoms with Crippen LogP contribution in [0.15, 0.2) is 6.20 Å². The van der Waals surface area contributed by atoms with Gasteiger partial charge in [0.25, 0.3) is 0 Å². The molecule has 0 aliphatic heterocycles. The number of ketones is 1. The Morgan fingerprint density at radius 2 is 2.00 bits per heavy atom. The van der Waals surface area contributed by atoms with Crippen molar-refractivity contribution in [2.75, 3.05) is 0 Å². The third-order valence-electron chi connectivity index (χ3n) is 1.96. The minimum absolute atomic E-state index is 0.0277. The van der Waals surface area contributed by atoms with Gasteiger partial charge in [0.1, 0.15) is 5.69 Å². The molecule has 1 heterocycles. The highest BCUT2D eigenvalue weighted by Crippen LogP contribution is 2.13. The van der Waals surface area contributed by atoms with E-state index in [1.165, 1.54) is 0 Å². The van der Waals surface area contributed by atoms with Crippen LogP contribution in [0.3, 0.4) is 0 Å². The number of nitrogens with zero attached hydrogens (tertiary/aromatic N) is 3. The zero-order valence-corrected chi connectivity index (χ0v) is 9.40. The standard InChI is InChI=1S/C10H17N3O/c1-7(2)9(14)8-6-13(12-11-8)10(3,4)5/h6-7H,1-5H3. The maximum atomic E-state index is 11.6. The molecule has 0 unspecified atom stereocenters. The molecule has 4 heteroatoms. The van der Waals surface area contributed by atoms with Gasteiger partial charge in [-0.1, -0.05) is 19.1 Å². The van der Waals surface area contributed by atoms with Gasteiger partial charge in [0, 0.05) is 5.92 Å². The molecular formula is C10H17N3O. The number of carbonyl (C=O) groups excluding carboxylic acids is 1. The van der Waals surface area contributed by atoms with E-state index in [0.717, 1.165) is 0 Å². The van der Waals surface area contributed by atoms with Crippen molar-refractivity contribution in [2.24, 2.45) is 5.92 Å². The molecule has 1 rings (SSSR count). The third-order valence-corrected chi connectivity index (χ3v) is 1.96. The molecule has 1 aromatic heterocycles. The average molecular weight is 195 g/mol. The largest absolute Gasteiger partial charge is 0.292 e. The Morgan fingerprint density at radius 1 is 1.43 bits per heavy atom. The highest BCUT2D eigenvalue weighted by atomic mass is 16.1. The second kappa shape index (κ2) is 3.52. The molecule has 0 bridgehead atoms. The number of hydrogen-bond acceptors (Lipinski definition) is 3. The molecule has 0 saturated carbocycles. The summed E-state index contributed by atoms with van der Waals surface area (Å²) < 4.78 is 1.71. The van der Waals surface area contributed by atoms with Crippen LogP contribution in [-0.4, -0.2) is 20.8 Å². The monoisotopic (exact) mass is 195 g/mol. The molecule has 78 valence electrons. The predicted octanol–water partition coefficient (Wildman–Crippen LogP) is 1.87. The highest BCUT2D eigenvalue weighted by Gasteiger charge is 2.19. The Bertz CT molecular complexity index is 333. The van der Waals surface area contributed by atoms with Gasteiger partial charge in [-0.15, -0.1) is 5.10 Å².